The Morgan fingerprint density at radius 2 is 2.05 bits per heavy atom. The first kappa shape index (κ1) is 13.4. The molecule has 0 fully saturated rings. The van der Waals surface area contributed by atoms with Crippen molar-refractivity contribution in [2.45, 2.75) is 6.54 Å². The lowest BCUT2D eigenvalue weighted by atomic mass is 10.2. The number of ether oxygens (including phenoxy) is 3. The molecule has 3 rings (SSSR count). The second-order valence-electron chi connectivity index (χ2n) is 4.62. The zero-order chi connectivity index (χ0) is 14.8. The van der Waals surface area contributed by atoms with Crippen LogP contribution in [0.2, 0.25) is 0 Å². The molecule has 0 spiro atoms. The van der Waals surface area contributed by atoms with Crippen LogP contribution in [0.4, 0.5) is 15.8 Å². The van der Waals surface area contributed by atoms with Crippen LogP contribution < -0.4 is 25.3 Å². The van der Waals surface area contributed by atoms with Gasteiger partial charge in [0.15, 0.2) is 11.5 Å². The van der Waals surface area contributed by atoms with Gasteiger partial charge in [-0.15, -0.1) is 0 Å². The first-order valence-electron chi connectivity index (χ1n) is 6.43. The number of anilines is 2. The summed E-state index contributed by atoms with van der Waals surface area (Å²) in [6.45, 7) is 0.677. The van der Waals surface area contributed by atoms with E-state index in [1.807, 2.05) is 18.2 Å². The highest BCUT2D eigenvalue weighted by atomic mass is 19.1. The molecule has 0 unspecified atom stereocenters. The van der Waals surface area contributed by atoms with Crippen molar-refractivity contribution < 1.29 is 18.6 Å². The van der Waals surface area contributed by atoms with Crippen molar-refractivity contribution in [1.29, 1.82) is 0 Å². The molecule has 0 aliphatic carbocycles. The lowest BCUT2D eigenvalue weighted by Gasteiger charge is -2.11. The summed E-state index contributed by atoms with van der Waals surface area (Å²) in [5.41, 5.74) is 7.20. The Kier molecular flexibility index (Phi) is 3.43. The maximum atomic E-state index is 13.8. The van der Waals surface area contributed by atoms with Crippen molar-refractivity contribution in [2.24, 2.45) is 0 Å². The van der Waals surface area contributed by atoms with Gasteiger partial charge in [-0.05, 0) is 17.7 Å². The summed E-state index contributed by atoms with van der Waals surface area (Å²) in [5.74, 6) is 1.43. The number of hydrogen-bond acceptors (Lipinski definition) is 5. The Labute approximate surface area is 121 Å². The number of methoxy groups -OCH3 is 1. The number of rotatable bonds is 4. The Bertz CT molecular complexity index is 676. The number of fused-ring (bicyclic) bond motifs is 1. The molecule has 0 amide bonds. The topological polar surface area (TPSA) is 65.7 Å². The second kappa shape index (κ2) is 5.40. The fourth-order valence-corrected chi connectivity index (χ4v) is 2.13. The van der Waals surface area contributed by atoms with E-state index in [0.717, 1.165) is 11.3 Å². The highest BCUT2D eigenvalue weighted by Gasteiger charge is 2.13. The summed E-state index contributed by atoms with van der Waals surface area (Å²) in [5, 5.41) is 3.02. The molecule has 0 aromatic heterocycles. The van der Waals surface area contributed by atoms with Gasteiger partial charge >= 0.3 is 0 Å². The van der Waals surface area contributed by atoms with Crippen molar-refractivity contribution in [3.8, 4) is 17.2 Å². The SMILES string of the molecule is COc1cc(NCc2ccc3c(c2)OCO3)c(F)cc1N. The molecule has 1 aliphatic rings. The largest absolute Gasteiger partial charge is 0.495 e. The Morgan fingerprint density at radius 1 is 1.24 bits per heavy atom. The highest BCUT2D eigenvalue weighted by molar-refractivity contribution is 5.62. The van der Waals surface area contributed by atoms with E-state index in [-0.39, 0.29) is 12.5 Å². The van der Waals surface area contributed by atoms with Crippen LogP contribution in [-0.4, -0.2) is 13.9 Å². The minimum absolute atomic E-state index is 0.232. The van der Waals surface area contributed by atoms with Crippen molar-refractivity contribution in [3.63, 3.8) is 0 Å². The second-order valence-corrected chi connectivity index (χ2v) is 4.62. The van der Waals surface area contributed by atoms with Gasteiger partial charge in [0.05, 0.1) is 18.5 Å². The van der Waals surface area contributed by atoms with E-state index in [0.29, 0.717) is 23.7 Å². The average Bonchev–Trinajstić information content (AvgIpc) is 2.94. The van der Waals surface area contributed by atoms with Crippen LogP contribution in [0.1, 0.15) is 5.56 Å². The Hall–Kier alpha value is -2.63. The molecule has 3 N–H and O–H groups in total. The Morgan fingerprint density at radius 3 is 2.86 bits per heavy atom. The molecule has 2 aromatic rings. The quantitative estimate of drug-likeness (QED) is 0.848. The van der Waals surface area contributed by atoms with Crippen molar-refractivity contribution in [3.05, 3.63) is 41.7 Å². The molecule has 21 heavy (non-hydrogen) atoms. The minimum atomic E-state index is -0.422. The molecule has 0 radical (unpaired) electrons. The summed E-state index contributed by atoms with van der Waals surface area (Å²) in [7, 11) is 1.49. The molecule has 0 bridgehead atoms. The Balaban J connectivity index is 1.75. The van der Waals surface area contributed by atoms with Crippen LogP contribution in [0.25, 0.3) is 0 Å². The van der Waals surface area contributed by atoms with Crippen LogP contribution in [0.3, 0.4) is 0 Å². The van der Waals surface area contributed by atoms with E-state index in [9.17, 15) is 4.39 Å². The van der Waals surface area contributed by atoms with E-state index < -0.39 is 5.82 Å². The molecular weight excluding hydrogens is 275 g/mol. The zero-order valence-electron chi connectivity index (χ0n) is 11.5. The molecule has 6 heteroatoms. The summed E-state index contributed by atoms with van der Waals surface area (Å²) >= 11 is 0. The van der Waals surface area contributed by atoms with E-state index in [2.05, 4.69) is 5.32 Å². The zero-order valence-corrected chi connectivity index (χ0v) is 11.5. The van der Waals surface area contributed by atoms with Crippen LogP contribution in [-0.2, 0) is 6.54 Å². The third kappa shape index (κ3) is 2.65. The number of nitrogen functional groups attached to an aromatic ring is 1. The maximum absolute atomic E-state index is 13.8. The van der Waals surface area contributed by atoms with Crippen LogP contribution in [0.5, 0.6) is 17.2 Å². The van der Waals surface area contributed by atoms with Gasteiger partial charge in [0, 0.05) is 18.7 Å². The molecule has 2 aromatic carbocycles. The molecule has 0 saturated heterocycles. The van der Waals surface area contributed by atoms with Gasteiger partial charge in [0.1, 0.15) is 11.6 Å². The molecule has 1 aliphatic heterocycles. The van der Waals surface area contributed by atoms with Crippen LogP contribution in [0.15, 0.2) is 30.3 Å². The van der Waals surface area contributed by atoms with E-state index in [1.165, 1.54) is 19.2 Å². The molecule has 0 saturated carbocycles. The van der Waals surface area contributed by atoms with E-state index in [4.69, 9.17) is 19.9 Å². The van der Waals surface area contributed by atoms with Gasteiger partial charge in [-0.25, -0.2) is 4.39 Å². The van der Waals surface area contributed by atoms with Crippen molar-refractivity contribution >= 4 is 11.4 Å². The number of nitrogens with one attached hydrogen (secondary N) is 1. The van der Waals surface area contributed by atoms with Gasteiger partial charge in [0.2, 0.25) is 6.79 Å². The first-order chi connectivity index (χ1) is 10.2. The van der Waals surface area contributed by atoms with Gasteiger partial charge in [-0.1, -0.05) is 6.07 Å². The molecular formula is C15H15FN2O3. The normalized spacial score (nSPS) is 12.3. The minimum Gasteiger partial charge on any atom is -0.495 e. The van der Waals surface area contributed by atoms with Crippen molar-refractivity contribution in [2.75, 3.05) is 25.0 Å². The first-order valence-corrected chi connectivity index (χ1v) is 6.43. The molecule has 110 valence electrons. The summed E-state index contributed by atoms with van der Waals surface area (Å²) in [6.07, 6.45) is 0. The fourth-order valence-electron chi connectivity index (χ4n) is 2.13. The lowest BCUT2D eigenvalue weighted by Crippen LogP contribution is -2.03. The summed E-state index contributed by atoms with van der Waals surface area (Å²) < 4.78 is 29.5. The number of hydrogen-bond donors (Lipinski definition) is 2. The molecule has 5 nitrogen and oxygen atoms in total. The summed E-state index contributed by atoms with van der Waals surface area (Å²) in [4.78, 5) is 0. The summed E-state index contributed by atoms with van der Waals surface area (Å²) in [6, 6.07) is 8.37. The predicted molar refractivity (Wildman–Crippen MR) is 77.3 cm³/mol. The maximum Gasteiger partial charge on any atom is 0.231 e. The standard InChI is InChI=1S/C15H15FN2O3/c1-19-14-6-12(10(16)5-11(14)17)18-7-9-2-3-13-15(4-9)21-8-20-13/h2-6,18H,7-8,17H2,1H3. The monoisotopic (exact) mass is 290 g/mol. The molecule has 0 atom stereocenters. The van der Waals surface area contributed by atoms with Gasteiger partial charge in [0.25, 0.3) is 0 Å². The van der Waals surface area contributed by atoms with Gasteiger partial charge < -0.3 is 25.3 Å². The van der Waals surface area contributed by atoms with E-state index in [1.54, 1.807) is 0 Å². The number of benzene rings is 2. The lowest BCUT2D eigenvalue weighted by molar-refractivity contribution is 0.174. The number of nitrogens with two attached hydrogens (primary N) is 1. The number of halogens is 1. The van der Waals surface area contributed by atoms with Gasteiger partial charge in [-0.2, -0.15) is 0 Å². The van der Waals surface area contributed by atoms with Gasteiger partial charge in [-0.3, -0.25) is 0 Å². The highest BCUT2D eigenvalue weighted by Crippen LogP contribution is 2.33. The third-order valence-electron chi connectivity index (χ3n) is 3.24. The average molecular weight is 290 g/mol. The smallest absolute Gasteiger partial charge is 0.231 e. The van der Waals surface area contributed by atoms with Crippen LogP contribution in [0, 0.1) is 5.82 Å². The van der Waals surface area contributed by atoms with E-state index >= 15 is 0 Å². The third-order valence-corrected chi connectivity index (χ3v) is 3.24. The van der Waals surface area contributed by atoms with Crippen LogP contribution >= 0.6 is 0 Å². The predicted octanol–water partition coefficient (Wildman–Crippen LogP) is 2.76. The molecule has 1 heterocycles. The fraction of sp³-hybridized carbons (Fsp3) is 0.200. The van der Waals surface area contributed by atoms with Crippen molar-refractivity contribution in [1.82, 2.24) is 0 Å².